The van der Waals surface area contributed by atoms with Crippen molar-refractivity contribution >= 4 is 22.7 Å². The van der Waals surface area contributed by atoms with E-state index in [1.807, 2.05) is 35.0 Å². The summed E-state index contributed by atoms with van der Waals surface area (Å²) in [5, 5.41) is 23.8. The molecule has 0 saturated carbocycles. The molecule has 0 fully saturated rings. The summed E-state index contributed by atoms with van der Waals surface area (Å²) in [4.78, 5) is 2.07. The highest BCUT2D eigenvalue weighted by atomic mass is 32.1. The lowest BCUT2D eigenvalue weighted by molar-refractivity contribution is 0.150. The Hall–Kier alpha value is -0.680. The molecule has 0 unspecified atom stereocenters. The second-order valence-electron chi connectivity index (χ2n) is 4.35. The summed E-state index contributed by atoms with van der Waals surface area (Å²) in [5.74, 6) is 0. The number of thiophene rings is 2. The Balaban J connectivity index is 1.64. The largest absolute Gasteiger partial charge is 0.388 e. The van der Waals surface area contributed by atoms with Crippen molar-refractivity contribution in [2.75, 3.05) is 0 Å². The van der Waals surface area contributed by atoms with Crippen LogP contribution in [0, 0.1) is 0 Å². The van der Waals surface area contributed by atoms with Crippen LogP contribution in [0.3, 0.4) is 0 Å². The number of aliphatic hydroxyl groups excluding tert-OH is 2. The van der Waals surface area contributed by atoms with Crippen LogP contribution in [0.4, 0.5) is 0 Å². The van der Waals surface area contributed by atoms with Gasteiger partial charge < -0.3 is 10.2 Å². The topological polar surface area (TPSA) is 40.5 Å². The minimum atomic E-state index is -0.344. The second-order valence-corrected chi connectivity index (χ2v) is 6.31. The number of hydrogen-bond donors (Lipinski definition) is 2. The number of unbranched alkanes of at least 4 members (excludes halogenated alkanes) is 1. The van der Waals surface area contributed by atoms with E-state index in [-0.39, 0.29) is 12.2 Å². The molecule has 4 heteroatoms. The molecule has 2 aromatic rings. The average Bonchev–Trinajstić information content (AvgIpc) is 3.05. The lowest BCUT2D eigenvalue weighted by Crippen LogP contribution is -1.97. The van der Waals surface area contributed by atoms with Crippen molar-refractivity contribution in [3.05, 3.63) is 44.8 Å². The Morgan fingerprint density at radius 2 is 1.28 bits per heavy atom. The third-order valence-electron chi connectivity index (χ3n) is 2.95. The zero-order valence-corrected chi connectivity index (χ0v) is 11.8. The fourth-order valence-corrected chi connectivity index (χ4v) is 3.41. The average molecular weight is 282 g/mol. The minimum absolute atomic E-state index is 0.344. The van der Waals surface area contributed by atoms with Gasteiger partial charge >= 0.3 is 0 Å². The first-order chi connectivity index (χ1) is 8.77. The zero-order chi connectivity index (χ0) is 12.8. The van der Waals surface area contributed by atoms with Crippen LogP contribution in [-0.2, 0) is 0 Å². The molecule has 2 nitrogen and oxygen atoms in total. The molecule has 0 aliphatic rings. The lowest BCUT2D eigenvalue weighted by Gasteiger charge is -2.10. The monoisotopic (exact) mass is 282 g/mol. The van der Waals surface area contributed by atoms with Crippen LogP contribution < -0.4 is 0 Å². The zero-order valence-electron chi connectivity index (χ0n) is 10.2. The van der Waals surface area contributed by atoms with Crippen molar-refractivity contribution in [3.8, 4) is 0 Å². The molecule has 0 saturated heterocycles. The first kappa shape index (κ1) is 13.7. The van der Waals surface area contributed by atoms with Gasteiger partial charge in [0.2, 0.25) is 0 Å². The maximum atomic E-state index is 9.91. The van der Waals surface area contributed by atoms with E-state index in [2.05, 4.69) is 0 Å². The molecule has 0 aliphatic carbocycles. The standard InChI is InChI=1S/C14H18O2S2/c15-11(13-7-3-9-17-13)5-1-2-6-12(16)14-8-4-10-18-14/h3-4,7-12,15-16H,1-2,5-6H2/t11-,12+. The molecule has 2 aromatic heterocycles. The van der Waals surface area contributed by atoms with Crippen LogP contribution in [0.5, 0.6) is 0 Å². The summed E-state index contributed by atoms with van der Waals surface area (Å²) in [6.07, 6.45) is 2.76. The van der Waals surface area contributed by atoms with Crippen LogP contribution >= 0.6 is 22.7 Å². The van der Waals surface area contributed by atoms with Gasteiger partial charge in [-0.05, 0) is 35.7 Å². The highest BCUT2D eigenvalue weighted by Crippen LogP contribution is 2.27. The van der Waals surface area contributed by atoms with E-state index in [4.69, 9.17) is 0 Å². The van der Waals surface area contributed by atoms with Gasteiger partial charge in [-0.25, -0.2) is 0 Å². The molecule has 0 bridgehead atoms. The molecular formula is C14H18O2S2. The van der Waals surface area contributed by atoms with Crippen molar-refractivity contribution in [3.63, 3.8) is 0 Å². The normalized spacial score (nSPS) is 14.6. The molecule has 2 N–H and O–H groups in total. The van der Waals surface area contributed by atoms with Crippen molar-refractivity contribution in [2.45, 2.75) is 37.9 Å². The first-order valence-corrected chi connectivity index (χ1v) is 7.96. The van der Waals surface area contributed by atoms with Gasteiger partial charge in [0.25, 0.3) is 0 Å². The Morgan fingerprint density at radius 1 is 0.833 bits per heavy atom. The summed E-state index contributed by atoms with van der Waals surface area (Å²) < 4.78 is 0. The van der Waals surface area contributed by atoms with E-state index < -0.39 is 0 Å². The third kappa shape index (κ3) is 3.92. The molecule has 0 amide bonds. The van der Waals surface area contributed by atoms with Crippen molar-refractivity contribution < 1.29 is 10.2 Å². The van der Waals surface area contributed by atoms with E-state index in [1.54, 1.807) is 22.7 Å². The maximum absolute atomic E-state index is 9.91. The van der Waals surface area contributed by atoms with Crippen LogP contribution in [0.25, 0.3) is 0 Å². The second kappa shape index (κ2) is 7.04. The predicted molar refractivity (Wildman–Crippen MR) is 77.0 cm³/mol. The van der Waals surface area contributed by atoms with Gasteiger partial charge in [-0.2, -0.15) is 0 Å². The molecule has 18 heavy (non-hydrogen) atoms. The molecule has 98 valence electrons. The quantitative estimate of drug-likeness (QED) is 0.749. The fraction of sp³-hybridized carbons (Fsp3) is 0.429. The molecule has 0 aliphatic heterocycles. The van der Waals surface area contributed by atoms with Crippen LogP contribution in [-0.4, -0.2) is 10.2 Å². The fourth-order valence-electron chi connectivity index (χ4n) is 1.92. The Morgan fingerprint density at radius 3 is 1.61 bits per heavy atom. The SMILES string of the molecule is O[C@H](CCCC[C@H](O)c1cccs1)c1cccs1. The number of rotatable bonds is 7. The summed E-state index contributed by atoms with van der Waals surface area (Å²) in [7, 11) is 0. The Bertz CT molecular complexity index is 380. The maximum Gasteiger partial charge on any atom is 0.0882 e. The number of aliphatic hydroxyl groups is 2. The van der Waals surface area contributed by atoms with Crippen LogP contribution in [0.15, 0.2) is 35.0 Å². The van der Waals surface area contributed by atoms with Gasteiger partial charge in [0.1, 0.15) is 0 Å². The molecular weight excluding hydrogens is 264 g/mol. The van der Waals surface area contributed by atoms with Gasteiger partial charge in [-0.3, -0.25) is 0 Å². The number of hydrogen-bond acceptors (Lipinski definition) is 4. The van der Waals surface area contributed by atoms with Gasteiger partial charge in [0.05, 0.1) is 12.2 Å². The van der Waals surface area contributed by atoms with E-state index in [0.29, 0.717) is 0 Å². The van der Waals surface area contributed by atoms with Crippen molar-refractivity contribution in [1.29, 1.82) is 0 Å². The predicted octanol–water partition coefficient (Wildman–Crippen LogP) is 4.14. The first-order valence-electron chi connectivity index (χ1n) is 6.20. The van der Waals surface area contributed by atoms with Gasteiger partial charge in [0, 0.05) is 9.75 Å². The molecule has 2 heterocycles. The molecule has 2 atom stereocenters. The molecule has 0 spiro atoms. The minimum Gasteiger partial charge on any atom is -0.388 e. The van der Waals surface area contributed by atoms with Crippen LogP contribution in [0.1, 0.15) is 47.6 Å². The summed E-state index contributed by atoms with van der Waals surface area (Å²) in [6.45, 7) is 0. The lowest BCUT2D eigenvalue weighted by atomic mass is 10.1. The van der Waals surface area contributed by atoms with E-state index >= 15 is 0 Å². The van der Waals surface area contributed by atoms with Crippen molar-refractivity contribution in [2.24, 2.45) is 0 Å². The molecule has 2 rings (SSSR count). The highest BCUT2D eigenvalue weighted by molar-refractivity contribution is 7.10. The van der Waals surface area contributed by atoms with E-state index in [1.165, 1.54) is 0 Å². The van der Waals surface area contributed by atoms with Gasteiger partial charge in [-0.1, -0.05) is 25.0 Å². The van der Waals surface area contributed by atoms with E-state index in [0.717, 1.165) is 35.4 Å². The molecule has 0 radical (unpaired) electrons. The van der Waals surface area contributed by atoms with E-state index in [9.17, 15) is 10.2 Å². The van der Waals surface area contributed by atoms with Crippen molar-refractivity contribution in [1.82, 2.24) is 0 Å². The highest BCUT2D eigenvalue weighted by Gasteiger charge is 2.10. The van der Waals surface area contributed by atoms with Gasteiger partial charge in [-0.15, -0.1) is 22.7 Å². The summed E-state index contributed by atoms with van der Waals surface area (Å²) in [5.41, 5.74) is 0. The molecule has 0 aromatic carbocycles. The summed E-state index contributed by atoms with van der Waals surface area (Å²) >= 11 is 3.19. The Kier molecular flexibility index (Phi) is 5.38. The Labute approximate surface area is 116 Å². The van der Waals surface area contributed by atoms with Crippen LogP contribution in [0.2, 0.25) is 0 Å². The van der Waals surface area contributed by atoms with Gasteiger partial charge in [0.15, 0.2) is 0 Å². The third-order valence-corrected chi connectivity index (χ3v) is 4.90. The summed E-state index contributed by atoms with van der Waals surface area (Å²) in [6, 6.07) is 7.86. The smallest absolute Gasteiger partial charge is 0.0882 e.